The Balaban J connectivity index is 1.66. The van der Waals surface area contributed by atoms with Gasteiger partial charge in [-0.25, -0.2) is 8.78 Å². The summed E-state index contributed by atoms with van der Waals surface area (Å²) in [6.07, 6.45) is -0.151. The van der Waals surface area contributed by atoms with E-state index in [2.05, 4.69) is 0 Å². The van der Waals surface area contributed by atoms with Gasteiger partial charge in [-0.15, -0.1) is 0 Å². The van der Waals surface area contributed by atoms with E-state index in [4.69, 9.17) is 9.47 Å². The quantitative estimate of drug-likeness (QED) is 0.668. The number of hydrogen-bond donors (Lipinski definition) is 2. The molecule has 1 heterocycles. The van der Waals surface area contributed by atoms with Crippen molar-refractivity contribution >= 4 is 11.6 Å². The van der Waals surface area contributed by atoms with E-state index in [1.807, 2.05) is 0 Å². The van der Waals surface area contributed by atoms with Gasteiger partial charge in [-0.2, -0.15) is 0 Å². The van der Waals surface area contributed by atoms with Gasteiger partial charge >= 0.3 is 0 Å². The van der Waals surface area contributed by atoms with Crippen LogP contribution in [0.5, 0.6) is 0 Å². The summed E-state index contributed by atoms with van der Waals surface area (Å²) in [5.74, 6) is -3.53. The fraction of sp³-hybridized carbons (Fsp3) is 0.750. The molecule has 0 bridgehead atoms. The number of allylic oxidation sites excluding steroid dienone is 4. The van der Waals surface area contributed by atoms with Crippen LogP contribution in [0.4, 0.5) is 8.78 Å². The number of aliphatic hydroxyl groups is 2. The molecule has 4 aliphatic carbocycles. The highest BCUT2D eigenvalue weighted by atomic mass is 19.1. The molecule has 0 spiro atoms. The summed E-state index contributed by atoms with van der Waals surface area (Å²) in [6.45, 7) is 5.87. The van der Waals surface area contributed by atoms with E-state index < -0.39 is 76.3 Å². The molecule has 9 atom stereocenters. The molecular weight excluding hydrogens is 422 g/mol. The number of ketones is 2. The van der Waals surface area contributed by atoms with Crippen LogP contribution in [0.1, 0.15) is 47.0 Å². The van der Waals surface area contributed by atoms with Gasteiger partial charge in [0, 0.05) is 16.7 Å². The Morgan fingerprint density at radius 2 is 1.91 bits per heavy atom. The molecule has 2 N–H and O–H groups in total. The fourth-order valence-corrected chi connectivity index (χ4v) is 7.92. The van der Waals surface area contributed by atoms with Crippen molar-refractivity contribution in [3.05, 3.63) is 23.8 Å². The number of Topliss-reactive ketones (excluding diaryl/α,β-unsaturated/α-hetero) is 1. The maximum Gasteiger partial charge on any atom is 0.193 e. The summed E-state index contributed by atoms with van der Waals surface area (Å²) in [5.41, 5.74) is -6.30. The van der Waals surface area contributed by atoms with Gasteiger partial charge < -0.3 is 19.7 Å². The number of ether oxygens (including phenoxy) is 2. The van der Waals surface area contributed by atoms with E-state index in [0.29, 0.717) is 0 Å². The first-order chi connectivity index (χ1) is 14.8. The number of fused-ring (bicyclic) bond motifs is 7. The highest BCUT2D eigenvalue weighted by Crippen LogP contribution is 2.72. The molecule has 1 saturated heterocycles. The van der Waals surface area contributed by atoms with Crippen molar-refractivity contribution in [3.8, 4) is 0 Å². The van der Waals surface area contributed by atoms with Crippen molar-refractivity contribution < 1.29 is 38.1 Å². The number of halogens is 2. The second-order valence-electron chi connectivity index (χ2n) is 11.0. The second kappa shape index (κ2) is 6.34. The lowest BCUT2D eigenvalue weighted by molar-refractivity contribution is -0.248. The summed E-state index contributed by atoms with van der Waals surface area (Å²) < 4.78 is 44.8. The molecule has 5 rings (SSSR count). The maximum atomic E-state index is 17.1. The summed E-state index contributed by atoms with van der Waals surface area (Å²) in [6, 6.07) is 0. The SMILES string of the molecule is CC1(C)O[C@@H]2C[C@H]3[C@H]4C[C@H](F)C5=CC(=O)C=C[C@]5(C)[C@@]4(F)[C@@H](O)C[C@]3(C)[C@]2(C(=O)CO)O1. The molecule has 3 saturated carbocycles. The monoisotopic (exact) mass is 452 g/mol. The first-order valence-corrected chi connectivity index (χ1v) is 11.3. The van der Waals surface area contributed by atoms with Crippen LogP contribution in [0.2, 0.25) is 0 Å². The predicted molar refractivity (Wildman–Crippen MR) is 109 cm³/mol. The Morgan fingerprint density at radius 3 is 2.56 bits per heavy atom. The fourth-order valence-electron chi connectivity index (χ4n) is 7.92. The third kappa shape index (κ3) is 2.32. The lowest BCUT2D eigenvalue weighted by Crippen LogP contribution is -2.71. The van der Waals surface area contributed by atoms with Gasteiger partial charge in [0.1, 0.15) is 12.8 Å². The van der Waals surface area contributed by atoms with E-state index in [0.717, 1.165) is 6.08 Å². The minimum absolute atomic E-state index is 0.0550. The molecule has 5 aliphatic rings. The van der Waals surface area contributed by atoms with Crippen LogP contribution in [-0.4, -0.2) is 63.8 Å². The zero-order valence-electron chi connectivity index (χ0n) is 18.7. The molecule has 4 fully saturated rings. The highest BCUT2D eigenvalue weighted by molar-refractivity contribution is 6.01. The van der Waals surface area contributed by atoms with Crippen molar-refractivity contribution in [1.82, 2.24) is 0 Å². The minimum Gasteiger partial charge on any atom is -0.390 e. The smallest absolute Gasteiger partial charge is 0.193 e. The van der Waals surface area contributed by atoms with E-state index in [9.17, 15) is 19.8 Å². The molecule has 0 radical (unpaired) electrons. The minimum atomic E-state index is -2.24. The van der Waals surface area contributed by atoms with E-state index in [1.165, 1.54) is 19.1 Å². The number of aliphatic hydroxyl groups excluding tert-OH is 2. The Labute approximate surface area is 185 Å². The number of alkyl halides is 2. The normalized spacial score (nSPS) is 53.2. The zero-order chi connectivity index (χ0) is 23.5. The number of carbonyl (C=O) groups excluding carboxylic acids is 2. The van der Waals surface area contributed by atoms with Crippen molar-refractivity contribution in [2.24, 2.45) is 22.7 Å². The molecular formula is C24H30F2O6. The molecule has 8 heteroatoms. The molecule has 6 nitrogen and oxygen atoms in total. The molecule has 1 aliphatic heterocycles. The van der Waals surface area contributed by atoms with Gasteiger partial charge in [-0.3, -0.25) is 9.59 Å². The molecule has 32 heavy (non-hydrogen) atoms. The second-order valence-corrected chi connectivity index (χ2v) is 11.0. The summed E-state index contributed by atoms with van der Waals surface area (Å²) in [7, 11) is 0. The van der Waals surface area contributed by atoms with E-state index in [-0.39, 0.29) is 24.8 Å². The van der Waals surface area contributed by atoms with Crippen LogP contribution in [0.15, 0.2) is 23.8 Å². The van der Waals surface area contributed by atoms with Crippen molar-refractivity contribution in [1.29, 1.82) is 0 Å². The number of carbonyl (C=O) groups is 2. The predicted octanol–water partition coefficient (Wildman–Crippen LogP) is 2.37. The van der Waals surface area contributed by atoms with Crippen LogP contribution in [0.3, 0.4) is 0 Å². The van der Waals surface area contributed by atoms with Gasteiger partial charge in [0.25, 0.3) is 0 Å². The average Bonchev–Trinajstić information content (AvgIpc) is 3.11. The van der Waals surface area contributed by atoms with Crippen molar-refractivity contribution in [2.75, 3.05) is 6.61 Å². The van der Waals surface area contributed by atoms with Crippen molar-refractivity contribution in [2.45, 2.75) is 82.4 Å². The zero-order valence-corrected chi connectivity index (χ0v) is 18.7. The molecule has 0 aromatic carbocycles. The first-order valence-electron chi connectivity index (χ1n) is 11.3. The Morgan fingerprint density at radius 1 is 1.22 bits per heavy atom. The van der Waals surface area contributed by atoms with Crippen LogP contribution >= 0.6 is 0 Å². The molecule has 0 unspecified atom stereocenters. The number of rotatable bonds is 2. The van der Waals surface area contributed by atoms with Gasteiger partial charge in [-0.1, -0.05) is 13.0 Å². The molecule has 176 valence electrons. The lowest BCUT2D eigenvalue weighted by Gasteiger charge is -2.63. The third-order valence-corrected chi connectivity index (χ3v) is 9.18. The first kappa shape index (κ1) is 22.3. The molecule has 0 aromatic heterocycles. The summed E-state index contributed by atoms with van der Waals surface area (Å²) in [4.78, 5) is 25.1. The summed E-state index contributed by atoms with van der Waals surface area (Å²) >= 11 is 0. The summed E-state index contributed by atoms with van der Waals surface area (Å²) in [5, 5.41) is 21.1. The van der Waals surface area contributed by atoms with E-state index >= 15 is 8.78 Å². The van der Waals surface area contributed by atoms with Gasteiger partial charge in [-0.05, 0) is 63.7 Å². The van der Waals surface area contributed by atoms with E-state index in [1.54, 1.807) is 20.8 Å². The Kier molecular flexibility index (Phi) is 4.42. The van der Waals surface area contributed by atoms with Crippen LogP contribution in [0, 0.1) is 22.7 Å². The van der Waals surface area contributed by atoms with Crippen LogP contribution in [-0.2, 0) is 19.1 Å². The lowest BCUT2D eigenvalue weighted by atomic mass is 9.44. The standard InChI is InChI=1S/C24H30F2O6/c1-20(2)31-19-9-13-14-8-16(25)15-7-12(28)5-6-21(15,3)23(14,26)17(29)10-22(13,4)24(19,32-20)18(30)11-27/h5-7,13-14,16-17,19,27,29H,8-11H2,1-4H3/t13-,14+,16-,17-,19+,21-,22-,23-,24+/m0/s1. The highest BCUT2D eigenvalue weighted by Gasteiger charge is 2.80. The van der Waals surface area contributed by atoms with Crippen LogP contribution in [0.25, 0.3) is 0 Å². The maximum absolute atomic E-state index is 17.1. The van der Waals surface area contributed by atoms with Crippen LogP contribution < -0.4 is 0 Å². The van der Waals surface area contributed by atoms with Gasteiger partial charge in [0.2, 0.25) is 0 Å². The van der Waals surface area contributed by atoms with Gasteiger partial charge in [0.15, 0.2) is 28.6 Å². The largest absolute Gasteiger partial charge is 0.390 e. The van der Waals surface area contributed by atoms with Crippen molar-refractivity contribution in [3.63, 3.8) is 0 Å². The topological polar surface area (TPSA) is 93.1 Å². The Bertz CT molecular complexity index is 960. The third-order valence-electron chi connectivity index (χ3n) is 9.18. The molecule has 0 aromatic rings. The van der Waals surface area contributed by atoms with Gasteiger partial charge in [0.05, 0.1) is 12.2 Å². The Hall–Kier alpha value is -1.48. The average molecular weight is 452 g/mol. The molecule has 0 amide bonds. The number of hydrogen-bond acceptors (Lipinski definition) is 6.